The number of nitrogens with zero attached hydrogens (tertiary/aromatic N) is 2. The molecular weight excluding hydrogens is 380 g/mol. The Morgan fingerprint density at radius 2 is 1.67 bits per heavy atom. The SMILES string of the molecule is CCN(CC)Cc1ccc(CNC(=O)CCn2c(=O)[nH]c(=O)c3ccccc32)cc1. The second-order valence-corrected chi connectivity index (χ2v) is 7.23. The highest BCUT2D eigenvalue weighted by atomic mass is 16.2. The first kappa shape index (κ1) is 21.5. The summed E-state index contributed by atoms with van der Waals surface area (Å²) in [4.78, 5) is 41.0. The molecule has 7 nitrogen and oxygen atoms in total. The van der Waals surface area contributed by atoms with Crippen molar-refractivity contribution in [2.45, 2.75) is 39.9 Å². The Labute approximate surface area is 175 Å². The van der Waals surface area contributed by atoms with Gasteiger partial charge in [0.05, 0.1) is 10.9 Å². The van der Waals surface area contributed by atoms with Gasteiger partial charge >= 0.3 is 5.69 Å². The fourth-order valence-corrected chi connectivity index (χ4v) is 3.43. The number of nitrogens with one attached hydrogen (secondary N) is 2. The van der Waals surface area contributed by atoms with Crippen LogP contribution in [0.15, 0.2) is 58.1 Å². The Balaban J connectivity index is 1.57. The van der Waals surface area contributed by atoms with Crippen molar-refractivity contribution in [1.29, 1.82) is 0 Å². The number of carbonyl (C=O) groups is 1. The summed E-state index contributed by atoms with van der Waals surface area (Å²) in [6.07, 6.45) is 0.149. The van der Waals surface area contributed by atoms with Gasteiger partial charge in [0.1, 0.15) is 0 Å². The van der Waals surface area contributed by atoms with Crippen LogP contribution in [0, 0.1) is 0 Å². The summed E-state index contributed by atoms with van der Waals surface area (Å²) in [6, 6.07) is 15.1. The number of hydrogen-bond acceptors (Lipinski definition) is 4. The number of rotatable bonds is 9. The lowest BCUT2D eigenvalue weighted by Gasteiger charge is -2.18. The molecule has 0 unspecified atom stereocenters. The lowest BCUT2D eigenvalue weighted by molar-refractivity contribution is -0.121. The summed E-state index contributed by atoms with van der Waals surface area (Å²) in [5.41, 5.74) is 1.88. The minimum absolute atomic E-state index is 0.149. The Morgan fingerprint density at radius 1 is 1.00 bits per heavy atom. The molecule has 0 bridgehead atoms. The molecule has 0 radical (unpaired) electrons. The highest BCUT2D eigenvalue weighted by molar-refractivity contribution is 5.78. The van der Waals surface area contributed by atoms with E-state index in [-0.39, 0.29) is 18.9 Å². The van der Waals surface area contributed by atoms with E-state index in [2.05, 4.69) is 41.2 Å². The van der Waals surface area contributed by atoms with Gasteiger partial charge in [-0.05, 0) is 36.3 Å². The van der Waals surface area contributed by atoms with Crippen molar-refractivity contribution < 1.29 is 4.79 Å². The van der Waals surface area contributed by atoms with Crippen molar-refractivity contribution in [2.75, 3.05) is 13.1 Å². The number of fused-ring (bicyclic) bond motifs is 1. The van der Waals surface area contributed by atoms with Crippen molar-refractivity contribution in [3.8, 4) is 0 Å². The predicted molar refractivity (Wildman–Crippen MR) is 118 cm³/mol. The normalized spacial score (nSPS) is 11.2. The summed E-state index contributed by atoms with van der Waals surface area (Å²) in [5.74, 6) is -0.149. The maximum Gasteiger partial charge on any atom is 0.328 e. The number of para-hydroxylation sites is 1. The molecule has 1 aromatic heterocycles. The number of aromatic nitrogens is 2. The Bertz CT molecular complexity index is 1110. The fraction of sp³-hybridized carbons (Fsp3) is 0.348. The van der Waals surface area contributed by atoms with Crippen LogP contribution in [0.1, 0.15) is 31.4 Å². The van der Waals surface area contributed by atoms with Crippen LogP contribution in [0.2, 0.25) is 0 Å². The third-order valence-corrected chi connectivity index (χ3v) is 5.28. The van der Waals surface area contributed by atoms with Gasteiger partial charge < -0.3 is 5.32 Å². The van der Waals surface area contributed by atoms with Crippen molar-refractivity contribution >= 4 is 16.8 Å². The molecule has 7 heteroatoms. The van der Waals surface area contributed by atoms with E-state index in [0.29, 0.717) is 17.4 Å². The molecule has 0 spiro atoms. The van der Waals surface area contributed by atoms with Gasteiger partial charge in [-0.2, -0.15) is 0 Å². The lowest BCUT2D eigenvalue weighted by atomic mass is 10.1. The third-order valence-electron chi connectivity index (χ3n) is 5.28. The zero-order valence-electron chi connectivity index (χ0n) is 17.5. The number of hydrogen-bond donors (Lipinski definition) is 2. The third kappa shape index (κ3) is 5.24. The average molecular weight is 409 g/mol. The number of amides is 1. The first-order chi connectivity index (χ1) is 14.5. The number of carbonyl (C=O) groups excluding carboxylic acids is 1. The molecule has 158 valence electrons. The van der Waals surface area contributed by atoms with Gasteiger partial charge in [-0.1, -0.05) is 50.2 Å². The van der Waals surface area contributed by atoms with E-state index in [9.17, 15) is 14.4 Å². The van der Waals surface area contributed by atoms with Crippen LogP contribution >= 0.6 is 0 Å². The highest BCUT2D eigenvalue weighted by Gasteiger charge is 2.09. The summed E-state index contributed by atoms with van der Waals surface area (Å²) in [5, 5.41) is 3.33. The molecule has 3 rings (SSSR count). The largest absolute Gasteiger partial charge is 0.352 e. The molecule has 0 aliphatic heterocycles. The number of benzene rings is 2. The molecule has 2 aromatic carbocycles. The van der Waals surface area contributed by atoms with Crippen LogP contribution < -0.4 is 16.6 Å². The first-order valence-electron chi connectivity index (χ1n) is 10.3. The zero-order chi connectivity index (χ0) is 21.5. The maximum absolute atomic E-state index is 12.3. The zero-order valence-corrected chi connectivity index (χ0v) is 17.5. The standard InChI is InChI=1S/C23H28N4O3/c1-3-26(4-2)16-18-11-9-17(10-12-18)15-24-21(28)13-14-27-20-8-6-5-7-19(20)22(29)25-23(27)30/h5-12H,3-4,13-16H2,1-2H3,(H,24,28)(H,25,29,30). The average Bonchev–Trinajstić information content (AvgIpc) is 2.76. The lowest BCUT2D eigenvalue weighted by Crippen LogP contribution is -2.32. The Morgan fingerprint density at radius 3 is 2.37 bits per heavy atom. The van der Waals surface area contributed by atoms with Gasteiger partial charge in [-0.25, -0.2) is 4.79 Å². The van der Waals surface area contributed by atoms with E-state index >= 15 is 0 Å². The van der Waals surface area contributed by atoms with E-state index in [1.807, 2.05) is 12.1 Å². The van der Waals surface area contributed by atoms with Crippen molar-refractivity contribution in [2.24, 2.45) is 0 Å². The molecule has 0 saturated heterocycles. The van der Waals surface area contributed by atoms with Crippen molar-refractivity contribution in [3.05, 3.63) is 80.5 Å². The van der Waals surface area contributed by atoms with Crippen LogP contribution in [-0.4, -0.2) is 33.4 Å². The molecule has 2 N–H and O–H groups in total. The second kappa shape index (κ2) is 10.0. The topological polar surface area (TPSA) is 87.2 Å². The minimum Gasteiger partial charge on any atom is -0.352 e. The highest BCUT2D eigenvalue weighted by Crippen LogP contribution is 2.09. The Kier molecular flexibility index (Phi) is 7.19. The molecule has 0 saturated carbocycles. The summed E-state index contributed by atoms with van der Waals surface area (Å²) in [6.45, 7) is 7.89. The van der Waals surface area contributed by atoms with E-state index in [4.69, 9.17) is 0 Å². The molecule has 3 aromatic rings. The Hall–Kier alpha value is -3.19. The maximum atomic E-state index is 12.3. The van der Waals surface area contributed by atoms with Gasteiger partial charge in [-0.3, -0.25) is 24.0 Å². The predicted octanol–water partition coefficient (Wildman–Crippen LogP) is 2.24. The number of H-pyrrole nitrogens is 1. The van der Waals surface area contributed by atoms with Crippen LogP contribution in [-0.2, 0) is 24.4 Å². The van der Waals surface area contributed by atoms with Crippen LogP contribution in [0.25, 0.3) is 10.9 Å². The fourth-order valence-electron chi connectivity index (χ4n) is 3.43. The van der Waals surface area contributed by atoms with Gasteiger partial charge in [0, 0.05) is 26.1 Å². The quantitative estimate of drug-likeness (QED) is 0.568. The monoisotopic (exact) mass is 408 g/mol. The smallest absolute Gasteiger partial charge is 0.328 e. The van der Waals surface area contributed by atoms with E-state index < -0.39 is 11.2 Å². The molecule has 1 heterocycles. The summed E-state index contributed by atoms with van der Waals surface area (Å²) in [7, 11) is 0. The molecule has 1 amide bonds. The van der Waals surface area contributed by atoms with Crippen LogP contribution in [0.4, 0.5) is 0 Å². The molecule has 0 atom stereocenters. The van der Waals surface area contributed by atoms with Crippen molar-refractivity contribution in [3.63, 3.8) is 0 Å². The minimum atomic E-state index is -0.504. The molecule has 0 aliphatic rings. The first-order valence-corrected chi connectivity index (χ1v) is 10.3. The number of aromatic amines is 1. The van der Waals surface area contributed by atoms with Gasteiger partial charge in [-0.15, -0.1) is 0 Å². The summed E-state index contributed by atoms with van der Waals surface area (Å²) < 4.78 is 1.43. The van der Waals surface area contributed by atoms with E-state index in [1.54, 1.807) is 24.3 Å². The van der Waals surface area contributed by atoms with E-state index in [0.717, 1.165) is 25.2 Å². The van der Waals surface area contributed by atoms with Crippen LogP contribution in [0.5, 0.6) is 0 Å². The molecule has 0 fully saturated rings. The van der Waals surface area contributed by atoms with E-state index in [1.165, 1.54) is 10.1 Å². The van der Waals surface area contributed by atoms with Crippen LogP contribution in [0.3, 0.4) is 0 Å². The summed E-state index contributed by atoms with van der Waals surface area (Å²) >= 11 is 0. The molecular formula is C23H28N4O3. The van der Waals surface area contributed by atoms with Gasteiger partial charge in [0.2, 0.25) is 5.91 Å². The van der Waals surface area contributed by atoms with Crippen molar-refractivity contribution in [1.82, 2.24) is 19.8 Å². The number of aryl methyl sites for hydroxylation is 1. The second-order valence-electron chi connectivity index (χ2n) is 7.23. The molecule has 30 heavy (non-hydrogen) atoms. The van der Waals surface area contributed by atoms with Gasteiger partial charge in [0.15, 0.2) is 0 Å². The van der Waals surface area contributed by atoms with Gasteiger partial charge in [0.25, 0.3) is 5.56 Å². The molecule has 0 aliphatic carbocycles.